The van der Waals surface area contributed by atoms with Gasteiger partial charge in [0, 0.05) is 19.5 Å². The number of β-amino-alcohol motifs (C(OH)–C–C–N with tert-alkyl or cyclic N) is 1. The van der Waals surface area contributed by atoms with E-state index in [0.29, 0.717) is 41.3 Å². The van der Waals surface area contributed by atoms with Crippen LogP contribution >= 0.6 is 0 Å². The van der Waals surface area contributed by atoms with Gasteiger partial charge in [-0.3, -0.25) is 0 Å². The molecule has 2 aromatic carbocycles. The van der Waals surface area contributed by atoms with Crippen LogP contribution in [0.15, 0.2) is 51.3 Å². The smallest absolute Gasteiger partial charge is 0.283 e. The first kappa shape index (κ1) is 22.6. The molecule has 1 fully saturated rings. The van der Waals surface area contributed by atoms with Crippen LogP contribution < -0.4 is 4.74 Å². The number of piperidine rings is 1. The van der Waals surface area contributed by atoms with Gasteiger partial charge < -0.3 is 23.6 Å². The van der Waals surface area contributed by atoms with Crippen LogP contribution in [0.1, 0.15) is 41.3 Å². The number of furan rings is 1. The minimum atomic E-state index is -0.571. The predicted octanol–water partition coefficient (Wildman–Crippen LogP) is 5.03. The van der Waals surface area contributed by atoms with E-state index in [2.05, 4.69) is 47.1 Å². The van der Waals surface area contributed by atoms with Gasteiger partial charge in [-0.15, -0.1) is 10.2 Å². The summed E-state index contributed by atoms with van der Waals surface area (Å²) in [7, 11) is 0. The van der Waals surface area contributed by atoms with Crippen molar-refractivity contribution in [2.24, 2.45) is 0 Å². The first-order valence-electron chi connectivity index (χ1n) is 11.9. The maximum atomic E-state index is 10.7. The Labute approximate surface area is 199 Å². The Morgan fingerprint density at radius 3 is 2.62 bits per heavy atom. The SMILES string of the molecule is Cc1ccc(C2CCN(C[C@H](O)COc3cccc4oc(-c5nnc(C)o5)cc34)CC2)c(C)c1. The van der Waals surface area contributed by atoms with E-state index in [1.807, 2.05) is 24.3 Å². The molecule has 0 amide bonds. The van der Waals surface area contributed by atoms with Crippen molar-refractivity contribution in [3.05, 3.63) is 65.0 Å². The van der Waals surface area contributed by atoms with Crippen LogP contribution in [0.2, 0.25) is 0 Å². The largest absolute Gasteiger partial charge is 0.490 e. The lowest BCUT2D eigenvalue weighted by Crippen LogP contribution is -2.40. The molecule has 4 aromatic rings. The van der Waals surface area contributed by atoms with Crippen molar-refractivity contribution in [3.8, 4) is 17.4 Å². The van der Waals surface area contributed by atoms with Gasteiger partial charge in [-0.25, -0.2) is 0 Å². The zero-order chi connectivity index (χ0) is 23.7. The molecule has 2 aromatic heterocycles. The number of likely N-dealkylation sites (tertiary alicyclic amines) is 1. The molecule has 0 radical (unpaired) electrons. The van der Waals surface area contributed by atoms with Gasteiger partial charge in [-0.1, -0.05) is 29.8 Å². The minimum absolute atomic E-state index is 0.219. The second-order valence-corrected chi connectivity index (χ2v) is 9.30. The summed E-state index contributed by atoms with van der Waals surface area (Å²) in [6.07, 6.45) is 1.66. The Bertz CT molecular complexity index is 1270. The van der Waals surface area contributed by atoms with E-state index in [0.717, 1.165) is 31.3 Å². The Morgan fingerprint density at radius 1 is 1.06 bits per heavy atom. The fourth-order valence-corrected chi connectivity index (χ4v) is 4.91. The molecule has 0 bridgehead atoms. The van der Waals surface area contributed by atoms with Crippen molar-refractivity contribution in [2.75, 3.05) is 26.2 Å². The van der Waals surface area contributed by atoms with Crippen molar-refractivity contribution in [1.82, 2.24) is 15.1 Å². The molecule has 0 aliphatic carbocycles. The lowest BCUT2D eigenvalue weighted by atomic mass is 9.86. The number of hydrogen-bond donors (Lipinski definition) is 1. The molecule has 0 spiro atoms. The van der Waals surface area contributed by atoms with Crippen molar-refractivity contribution in [2.45, 2.75) is 45.6 Å². The average molecular weight is 462 g/mol. The maximum absolute atomic E-state index is 10.7. The fourth-order valence-electron chi connectivity index (χ4n) is 4.91. The van der Waals surface area contributed by atoms with Gasteiger partial charge in [0.15, 0.2) is 5.76 Å². The number of aliphatic hydroxyl groups is 1. The molecule has 1 N–H and O–H groups in total. The Balaban J connectivity index is 1.16. The van der Waals surface area contributed by atoms with Crippen LogP contribution in [0, 0.1) is 20.8 Å². The highest BCUT2D eigenvalue weighted by molar-refractivity contribution is 5.87. The lowest BCUT2D eigenvalue weighted by molar-refractivity contribution is 0.0599. The molecule has 178 valence electrons. The number of fused-ring (bicyclic) bond motifs is 1. The summed E-state index contributed by atoms with van der Waals surface area (Å²) in [4.78, 5) is 2.34. The summed E-state index contributed by atoms with van der Waals surface area (Å²) >= 11 is 0. The van der Waals surface area contributed by atoms with Gasteiger partial charge in [-0.2, -0.15) is 0 Å². The standard InChI is InChI=1S/C27H31N3O4/c1-17-7-8-22(18(2)13-17)20-9-11-30(12-10-20)15-21(31)16-32-24-5-4-6-25-23(24)14-26(34-25)27-29-28-19(3)33-27/h4-8,13-14,20-21,31H,9-12,15-16H2,1-3H3/t21-/m0/s1. The highest BCUT2D eigenvalue weighted by atomic mass is 16.5. The molecular weight excluding hydrogens is 430 g/mol. The zero-order valence-electron chi connectivity index (χ0n) is 20.0. The summed E-state index contributed by atoms with van der Waals surface area (Å²) in [6, 6.07) is 14.2. The normalized spacial score (nSPS) is 16.2. The van der Waals surface area contributed by atoms with Gasteiger partial charge in [0.25, 0.3) is 5.89 Å². The molecule has 1 atom stereocenters. The summed E-state index contributed by atoms with van der Waals surface area (Å²) in [5, 5.41) is 19.3. The van der Waals surface area contributed by atoms with Crippen LogP contribution in [0.25, 0.3) is 22.6 Å². The van der Waals surface area contributed by atoms with E-state index < -0.39 is 6.10 Å². The van der Waals surface area contributed by atoms with E-state index >= 15 is 0 Å². The molecule has 1 aliphatic rings. The lowest BCUT2D eigenvalue weighted by Gasteiger charge is -2.34. The molecular formula is C27H31N3O4. The van der Waals surface area contributed by atoms with Crippen LogP contribution in [0.3, 0.4) is 0 Å². The predicted molar refractivity (Wildman–Crippen MR) is 130 cm³/mol. The molecule has 5 rings (SSSR count). The fraction of sp³-hybridized carbons (Fsp3) is 0.407. The quantitative estimate of drug-likeness (QED) is 0.413. The molecule has 1 aliphatic heterocycles. The Kier molecular flexibility index (Phi) is 6.39. The van der Waals surface area contributed by atoms with Crippen molar-refractivity contribution in [3.63, 3.8) is 0 Å². The Hall–Kier alpha value is -3.16. The van der Waals surface area contributed by atoms with Crippen LogP contribution in [0.5, 0.6) is 5.75 Å². The van der Waals surface area contributed by atoms with Gasteiger partial charge in [0.1, 0.15) is 24.0 Å². The third kappa shape index (κ3) is 4.86. The molecule has 34 heavy (non-hydrogen) atoms. The van der Waals surface area contributed by atoms with Crippen LogP contribution in [-0.4, -0.2) is 52.5 Å². The molecule has 7 heteroatoms. The number of ether oxygens (including phenoxy) is 1. The van der Waals surface area contributed by atoms with E-state index in [-0.39, 0.29) is 6.61 Å². The molecule has 0 saturated carbocycles. The number of rotatable bonds is 7. The van der Waals surface area contributed by atoms with Crippen molar-refractivity contribution < 1.29 is 18.7 Å². The number of hydrogen-bond acceptors (Lipinski definition) is 7. The second kappa shape index (κ2) is 9.60. The van der Waals surface area contributed by atoms with Crippen LogP contribution in [-0.2, 0) is 0 Å². The highest BCUT2D eigenvalue weighted by Gasteiger charge is 2.23. The molecule has 0 unspecified atom stereocenters. The Morgan fingerprint density at radius 2 is 1.88 bits per heavy atom. The summed E-state index contributed by atoms with van der Waals surface area (Å²) < 4.78 is 17.3. The summed E-state index contributed by atoms with van der Waals surface area (Å²) in [6.45, 7) is 8.88. The minimum Gasteiger partial charge on any atom is -0.490 e. The topological polar surface area (TPSA) is 84.8 Å². The van der Waals surface area contributed by atoms with Gasteiger partial charge in [-0.05, 0) is 69.0 Å². The number of aromatic nitrogens is 2. The number of benzene rings is 2. The van der Waals surface area contributed by atoms with Crippen molar-refractivity contribution >= 4 is 11.0 Å². The van der Waals surface area contributed by atoms with Gasteiger partial charge in [0.05, 0.1) is 5.39 Å². The van der Waals surface area contributed by atoms with E-state index in [1.54, 1.807) is 6.92 Å². The number of aliphatic hydroxyl groups excluding tert-OH is 1. The molecule has 7 nitrogen and oxygen atoms in total. The van der Waals surface area contributed by atoms with E-state index in [4.69, 9.17) is 13.6 Å². The molecule has 1 saturated heterocycles. The second-order valence-electron chi connectivity index (χ2n) is 9.30. The monoisotopic (exact) mass is 461 g/mol. The summed E-state index contributed by atoms with van der Waals surface area (Å²) in [5.41, 5.74) is 4.84. The average Bonchev–Trinajstić information content (AvgIpc) is 3.45. The maximum Gasteiger partial charge on any atom is 0.283 e. The number of aryl methyl sites for hydroxylation is 3. The van der Waals surface area contributed by atoms with E-state index in [1.165, 1.54) is 16.7 Å². The van der Waals surface area contributed by atoms with Crippen LogP contribution in [0.4, 0.5) is 0 Å². The summed E-state index contributed by atoms with van der Waals surface area (Å²) in [5.74, 6) is 2.58. The first-order valence-corrected chi connectivity index (χ1v) is 11.9. The van der Waals surface area contributed by atoms with Crippen molar-refractivity contribution in [1.29, 1.82) is 0 Å². The van der Waals surface area contributed by atoms with Gasteiger partial charge in [0.2, 0.25) is 5.89 Å². The van der Waals surface area contributed by atoms with Gasteiger partial charge >= 0.3 is 0 Å². The number of nitrogens with zero attached hydrogens (tertiary/aromatic N) is 3. The molecule has 3 heterocycles. The highest BCUT2D eigenvalue weighted by Crippen LogP contribution is 2.33. The third-order valence-electron chi connectivity index (χ3n) is 6.61. The third-order valence-corrected chi connectivity index (χ3v) is 6.61. The first-order chi connectivity index (χ1) is 16.5. The zero-order valence-corrected chi connectivity index (χ0v) is 20.0. The van der Waals surface area contributed by atoms with E-state index in [9.17, 15) is 5.11 Å².